The summed E-state index contributed by atoms with van der Waals surface area (Å²) in [7, 11) is 3.20. The Hall–Kier alpha value is -2.75. The number of hydrogen-bond donors (Lipinski definition) is 0. The minimum atomic E-state index is -0.432. The number of hydrogen-bond acceptors (Lipinski definition) is 4. The normalized spacial score (nSPS) is 9.95. The van der Waals surface area contributed by atoms with Gasteiger partial charge in [0.15, 0.2) is 11.5 Å². The lowest BCUT2D eigenvalue weighted by Crippen LogP contribution is -2.07. The maximum absolute atomic E-state index is 11.5. The molecule has 114 valence electrons. The quantitative estimate of drug-likeness (QED) is 0.478. The Kier molecular flexibility index (Phi) is 4.84. The third kappa shape index (κ3) is 3.47. The Morgan fingerprint density at radius 1 is 0.909 bits per heavy atom. The second kappa shape index (κ2) is 6.80. The minimum absolute atomic E-state index is 0.365. The van der Waals surface area contributed by atoms with Crippen molar-refractivity contribution in [1.82, 2.24) is 0 Å². The Labute approximate surface area is 129 Å². The molecule has 0 aliphatic heterocycles. The predicted molar refractivity (Wildman–Crippen MR) is 85.4 cm³/mol. The number of esters is 1. The molecule has 0 aromatic heterocycles. The fourth-order valence-corrected chi connectivity index (χ4v) is 1.93. The standard InChI is InChI=1S/C18H18O4/c1-12(2)18(19)22-15-8-5-13(6-9-15)14-7-10-16(20-3)17(11-14)21-4/h5-11H,1H2,2-4H3. The van der Waals surface area contributed by atoms with E-state index in [1.807, 2.05) is 30.3 Å². The third-order valence-corrected chi connectivity index (χ3v) is 3.13. The van der Waals surface area contributed by atoms with Crippen molar-refractivity contribution in [3.05, 3.63) is 54.6 Å². The van der Waals surface area contributed by atoms with E-state index in [1.165, 1.54) is 0 Å². The molecule has 0 aliphatic carbocycles. The number of carbonyl (C=O) groups is 1. The number of carbonyl (C=O) groups excluding carboxylic acids is 1. The molecule has 0 saturated carbocycles. The van der Waals surface area contributed by atoms with E-state index >= 15 is 0 Å². The number of benzene rings is 2. The fraction of sp³-hybridized carbons (Fsp3) is 0.167. The van der Waals surface area contributed by atoms with Gasteiger partial charge in [0.1, 0.15) is 5.75 Å². The number of methoxy groups -OCH3 is 2. The van der Waals surface area contributed by atoms with Crippen LogP contribution in [-0.2, 0) is 4.79 Å². The highest BCUT2D eigenvalue weighted by Crippen LogP contribution is 2.32. The molecule has 0 unspecified atom stereocenters. The summed E-state index contributed by atoms with van der Waals surface area (Å²) in [5.41, 5.74) is 2.33. The molecule has 0 radical (unpaired) electrons. The third-order valence-electron chi connectivity index (χ3n) is 3.13. The second-order valence-corrected chi connectivity index (χ2v) is 4.76. The van der Waals surface area contributed by atoms with Crippen LogP contribution in [0.4, 0.5) is 0 Å². The summed E-state index contributed by atoms with van der Waals surface area (Å²) in [6.07, 6.45) is 0. The summed E-state index contributed by atoms with van der Waals surface area (Å²) < 4.78 is 15.7. The molecule has 0 N–H and O–H groups in total. The van der Waals surface area contributed by atoms with Gasteiger partial charge < -0.3 is 14.2 Å². The highest BCUT2D eigenvalue weighted by molar-refractivity contribution is 5.88. The van der Waals surface area contributed by atoms with Crippen LogP contribution in [0.3, 0.4) is 0 Å². The zero-order chi connectivity index (χ0) is 16.1. The van der Waals surface area contributed by atoms with Crippen molar-refractivity contribution >= 4 is 5.97 Å². The van der Waals surface area contributed by atoms with Gasteiger partial charge >= 0.3 is 5.97 Å². The van der Waals surface area contributed by atoms with Crippen LogP contribution in [0.5, 0.6) is 17.2 Å². The van der Waals surface area contributed by atoms with E-state index in [0.29, 0.717) is 22.8 Å². The molecule has 22 heavy (non-hydrogen) atoms. The molecule has 2 rings (SSSR count). The highest BCUT2D eigenvalue weighted by atomic mass is 16.5. The molecule has 2 aromatic rings. The Morgan fingerprint density at radius 3 is 2.05 bits per heavy atom. The van der Waals surface area contributed by atoms with E-state index < -0.39 is 5.97 Å². The molecule has 2 aromatic carbocycles. The van der Waals surface area contributed by atoms with Gasteiger partial charge in [0.2, 0.25) is 0 Å². The molecule has 0 heterocycles. The molecule has 0 fully saturated rings. The molecule has 4 nitrogen and oxygen atoms in total. The first-order valence-electron chi connectivity index (χ1n) is 6.75. The van der Waals surface area contributed by atoms with E-state index in [4.69, 9.17) is 14.2 Å². The lowest BCUT2D eigenvalue weighted by atomic mass is 10.1. The lowest BCUT2D eigenvalue weighted by Gasteiger charge is -2.10. The molecule has 0 aliphatic rings. The summed E-state index contributed by atoms with van der Waals surface area (Å²) in [5.74, 6) is 1.40. The zero-order valence-corrected chi connectivity index (χ0v) is 12.9. The van der Waals surface area contributed by atoms with Crippen molar-refractivity contribution in [2.75, 3.05) is 14.2 Å². The van der Waals surface area contributed by atoms with Crippen molar-refractivity contribution in [3.63, 3.8) is 0 Å². The van der Waals surface area contributed by atoms with E-state index in [2.05, 4.69) is 6.58 Å². The molecular formula is C18H18O4. The van der Waals surface area contributed by atoms with Crippen LogP contribution in [0.1, 0.15) is 6.92 Å². The molecular weight excluding hydrogens is 280 g/mol. The Morgan fingerprint density at radius 2 is 1.50 bits per heavy atom. The van der Waals surface area contributed by atoms with Crippen molar-refractivity contribution in [1.29, 1.82) is 0 Å². The SMILES string of the molecule is C=C(C)C(=O)Oc1ccc(-c2ccc(OC)c(OC)c2)cc1. The summed E-state index contributed by atoms with van der Waals surface area (Å²) in [6, 6.07) is 12.9. The van der Waals surface area contributed by atoms with Gasteiger partial charge in [-0.25, -0.2) is 4.79 Å². The highest BCUT2D eigenvalue weighted by Gasteiger charge is 2.08. The van der Waals surface area contributed by atoms with Gasteiger partial charge in [0.25, 0.3) is 0 Å². The smallest absolute Gasteiger partial charge is 0.338 e. The second-order valence-electron chi connectivity index (χ2n) is 4.76. The zero-order valence-electron chi connectivity index (χ0n) is 12.9. The first-order valence-corrected chi connectivity index (χ1v) is 6.75. The first-order chi connectivity index (χ1) is 10.5. The van der Waals surface area contributed by atoms with Gasteiger partial charge in [-0.05, 0) is 42.3 Å². The predicted octanol–water partition coefficient (Wildman–Crippen LogP) is 3.85. The summed E-state index contributed by atoms with van der Waals surface area (Å²) >= 11 is 0. The molecule has 0 atom stereocenters. The van der Waals surface area contributed by atoms with Gasteiger partial charge in [-0.3, -0.25) is 0 Å². The topological polar surface area (TPSA) is 44.8 Å². The van der Waals surface area contributed by atoms with Crippen LogP contribution in [0.25, 0.3) is 11.1 Å². The first kappa shape index (κ1) is 15.6. The van der Waals surface area contributed by atoms with Crippen molar-refractivity contribution in [2.24, 2.45) is 0 Å². The van der Waals surface area contributed by atoms with Crippen LogP contribution >= 0.6 is 0 Å². The molecule has 4 heteroatoms. The molecule has 0 spiro atoms. The van der Waals surface area contributed by atoms with Crippen molar-refractivity contribution in [2.45, 2.75) is 6.92 Å². The van der Waals surface area contributed by atoms with Gasteiger partial charge in [-0.15, -0.1) is 0 Å². The average molecular weight is 298 g/mol. The monoisotopic (exact) mass is 298 g/mol. The van der Waals surface area contributed by atoms with E-state index in [9.17, 15) is 4.79 Å². The summed E-state index contributed by atoms with van der Waals surface area (Å²) in [5, 5.41) is 0. The minimum Gasteiger partial charge on any atom is -0.493 e. The van der Waals surface area contributed by atoms with Crippen LogP contribution < -0.4 is 14.2 Å². The maximum Gasteiger partial charge on any atom is 0.338 e. The molecule has 0 saturated heterocycles. The largest absolute Gasteiger partial charge is 0.493 e. The van der Waals surface area contributed by atoms with E-state index in [-0.39, 0.29) is 0 Å². The number of ether oxygens (including phenoxy) is 3. The van der Waals surface area contributed by atoms with Crippen LogP contribution in [0.2, 0.25) is 0 Å². The molecule has 0 bridgehead atoms. The van der Waals surface area contributed by atoms with Crippen molar-refractivity contribution < 1.29 is 19.0 Å². The Balaban J connectivity index is 2.23. The van der Waals surface area contributed by atoms with Gasteiger partial charge in [0, 0.05) is 5.57 Å². The van der Waals surface area contributed by atoms with E-state index in [1.54, 1.807) is 33.3 Å². The van der Waals surface area contributed by atoms with E-state index in [0.717, 1.165) is 11.1 Å². The maximum atomic E-state index is 11.5. The van der Waals surface area contributed by atoms with Crippen LogP contribution in [0, 0.1) is 0 Å². The Bertz CT molecular complexity index is 687. The van der Waals surface area contributed by atoms with Gasteiger partial charge in [-0.1, -0.05) is 24.8 Å². The van der Waals surface area contributed by atoms with Crippen LogP contribution in [0.15, 0.2) is 54.6 Å². The van der Waals surface area contributed by atoms with Gasteiger partial charge in [-0.2, -0.15) is 0 Å². The summed E-state index contributed by atoms with van der Waals surface area (Å²) in [6.45, 7) is 5.16. The molecule has 0 amide bonds. The average Bonchev–Trinajstić information content (AvgIpc) is 2.54. The lowest BCUT2D eigenvalue weighted by molar-refractivity contribution is -0.130. The summed E-state index contributed by atoms with van der Waals surface area (Å²) in [4.78, 5) is 11.5. The van der Waals surface area contributed by atoms with Crippen LogP contribution in [-0.4, -0.2) is 20.2 Å². The number of rotatable bonds is 5. The van der Waals surface area contributed by atoms with Gasteiger partial charge in [0.05, 0.1) is 14.2 Å². The fourth-order valence-electron chi connectivity index (χ4n) is 1.93. The van der Waals surface area contributed by atoms with Crippen molar-refractivity contribution in [3.8, 4) is 28.4 Å².